The highest BCUT2D eigenvalue weighted by molar-refractivity contribution is 5.77. The summed E-state index contributed by atoms with van der Waals surface area (Å²) in [7, 11) is 0. The Labute approximate surface area is 146 Å². The second-order valence-corrected chi connectivity index (χ2v) is 8.42. The molecule has 4 aliphatic carbocycles. The van der Waals surface area contributed by atoms with E-state index in [1.807, 2.05) is 24.3 Å². The quantitative estimate of drug-likeness (QED) is 0.906. The summed E-state index contributed by atoms with van der Waals surface area (Å²) in [6.07, 6.45) is 8.18. The highest BCUT2D eigenvalue weighted by atomic mass is 16.7. The van der Waals surface area contributed by atoms with E-state index in [-0.39, 0.29) is 12.5 Å². The number of hydrogen-bond donors (Lipinski definition) is 1. The lowest BCUT2D eigenvalue weighted by Crippen LogP contribution is -2.51. The summed E-state index contributed by atoms with van der Waals surface area (Å²) >= 11 is 0. The minimum atomic E-state index is -0.0738. The molecule has 4 saturated carbocycles. The molecule has 4 fully saturated rings. The van der Waals surface area contributed by atoms with Gasteiger partial charge in [-0.3, -0.25) is 4.79 Å². The molecule has 2 aromatic rings. The average molecular weight is 340 g/mol. The molecule has 0 radical (unpaired) electrons. The molecule has 1 N–H and O–H groups in total. The Morgan fingerprint density at radius 3 is 2.56 bits per heavy atom. The molecule has 1 heterocycles. The standard InChI is InChI=1S/C19H24N4O2/c24-18(11-25-23-17-4-2-1-3-16(17)21-22-23)20-12-19-8-13-5-14(9-19)7-15(6-13)10-19/h1-4,13-15H,5-12H2,(H,20,24). The van der Waals surface area contributed by atoms with Gasteiger partial charge < -0.3 is 10.2 Å². The molecule has 6 rings (SSSR count). The van der Waals surface area contributed by atoms with Gasteiger partial charge in [-0.25, -0.2) is 0 Å². The maximum absolute atomic E-state index is 12.3. The van der Waals surface area contributed by atoms with E-state index >= 15 is 0 Å². The van der Waals surface area contributed by atoms with Crippen molar-refractivity contribution in [1.82, 2.24) is 20.5 Å². The van der Waals surface area contributed by atoms with Crippen LogP contribution in [0.3, 0.4) is 0 Å². The van der Waals surface area contributed by atoms with Crippen LogP contribution in [-0.2, 0) is 4.79 Å². The average Bonchev–Trinajstić information content (AvgIpc) is 3.00. The van der Waals surface area contributed by atoms with Gasteiger partial charge in [-0.1, -0.05) is 17.0 Å². The number of carbonyl (C=O) groups is 1. The van der Waals surface area contributed by atoms with Gasteiger partial charge in [0, 0.05) is 6.54 Å². The number of para-hydroxylation sites is 1. The van der Waals surface area contributed by atoms with Crippen molar-refractivity contribution in [3.8, 4) is 0 Å². The predicted molar refractivity (Wildman–Crippen MR) is 92.6 cm³/mol. The van der Waals surface area contributed by atoms with Crippen molar-refractivity contribution in [2.45, 2.75) is 38.5 Å². The Morgan fingerprint density at radius 2 is 1.84 bits per heavy atom. The van der Waals surface area contributed by atoms with Gasteiger partial charge >= 0.3 is 0 Å². The lowest BCUT2D eigenvalue weighted by molar-refractivity contribution is -0.128. The summed E-state index contributed by atoms with van der Waals surface area (Å²) < 4.78 is 0. The van der Waals surface area contributed by atoms with Crippen LogP contribution in [0.2, 0.25) is 0 Å². The summed E-state index contributed by atoms with van der Waals surface area (Å²) in [6, 6.07) is 7.55. The van der Waals surface area contributed by atoms with Crippen LogP contribution < -0.4 is 10.2 Å². The molecule has 0 unspecified atom stereocenters. The molecule has 4 aliphatic rings. The third-order valence-corrected chi connectivity index (χ3v) is 6.47. The van der Waals surface area contributed by atoms with Crippen LogP contribution >= 0.6 is 0 Å². The largest absolute Gasteiger partial charge is 0.385 e. The van der Waals surface area contributed by atoms with E-state index in [9.17, 15) is 4.79 Å². The summed E-state index contributed by atoms with van der Waals surface area (Å²) in [5, 5.41) is 11.1. The van der Waals surface area contributed by atoms with Gasteiger partial charge in [0.25, 0.3) is 5.91 Å². The molecule has 1 aromatic heterocycles. The number of benzene rings is 1. The van der Waals surface area contributed by atoms with E-state index in [1.54, 1.807) is 0 Å². The van der Waals surface area contributed by atoms with Crippen LogP contribution in [0.4, 0.5) is 0 Å². The molecular formula is C19H24N4O2. The van der Waals surface area contributed by atoms with Crippen LogP contribution in [-0.4, -0.2) is 34.2 Å². The van der Waals surface area contributed by atoms with E-state index < -0.39 is 0 Å². The highest BCUT2D eigenvalue weighted by Crippen LogP contribution is 2.59. The van der Waals surface area contributed by atoms with Gasteiger partial charge in [0.05, 0.1) is 0 Å². The van der Waals surface area contributed by atoms with Crippen LogP contribution in [0, 0.1) is 23.2 Å². The zero-order chi connectivity index (χ0) is 16.9. The Hall–Kier alpha value is -2.11. The van der Waals surface area contributed by atoms with Gasteiger partial charge in [0.2, 0.25) is 0 Å². The highest BCUT2D eigenvalue weighted by Gasteiger charge is 2.50. The fourth-order valence-corrected chi connectivity index (χ4v) is 5.91. The molecule has 4 bridgehead atoms. The van der Waals surface area contributed by atoms with E-state index in [4.69, 9.17) is 4.84 Å². The lowest BCUT2D eigenvalue weighted by Gasteiger charge is -2.56. The van der Waals surface area contributed by atoms with Crippen LogP contribution in [0.15, 0.2) is 24.3 Å². The number of amides is 1. The zero-order valence-electron chi connectivity index (χ0n) is 14.4. The van der Waals surface area contributed by atoms with Crippen molar-refractivity contribution in [2.75, 3.05) is 13.2 Å². The predicted octanol–water partition coefficient (Wildman–Crippen LogP) is 2.19. The molecule has 1 aromatic carbocycles. The number of hydrogen-bond acceptors (Lipinski definition) is 4. The molecule has 0 aliphatic heterocycles. The van der Waals surface area contributed by atoms with Crippen molar-refractivity contribution in [3.05, 3.63) is 24.3 Å². The first kappa shape index (κ1) is 15.2. The van der Waals surface area contributed by atoms with Gasteiger partial charge in [0.1, 0.15) is 11.0 Å². The summed E-state index contributed by atoms with van der Waals surface area (Å²) in [6.45, 7) is 0.774. The molecule has 0 spiro atoms. The Balaban J connectivity index is 1.18. The molecule has 0 atom stereocenters. The third kappa shape index (κ3) is 2.77. The molecule has 6 nitrogen and oxygen atoms in total. The number of rotatable bonds is 5. The van der Waals surface area contributed by atoms with Gasteiger partial charge in [0.15, 0.2) is 6.61 Å². The first-order chi connectivity index (χ1) is 12.2. The smallest absolute Gasteiger partial charge is 0.260 e. The summed E-state index contributed by atoms with van der Waals surface area (Å²) in [5.74, 6) is 2.64. The maximum Gasteiger partial charge on any atom is 0.260 e. The molecule has 0 saturated heterocycles. The van der Waals surface area contributed by atoms with Crippen molar-refractivity contribution in [2.24, 2.45) is 23.2 Å². The fourth-order valence-electron chi connectivity index (χ4n) is 5.91. The SMILES string of the molecule is O=C(COn1nnc2ccccc21)NCC12CC3CC(CC(C3)C1)C2. The monoisotopic (exact) mass is 340 g/mol. The molecule has 1 amide bonds. The number of aromatic nitrogens is 3. The first-order valence-electron chi connectivity index (χ1n) is 9.40. The molecular weight excluding hydrogens is 316 g/mol. The van der Waals surface area contributed by atoms with E-state index in [2.05, 4.69) is 15.6 Å². The Morgan fingerprint density at radius 1 is 1.16 bits per heavy atom. The minimum absolute atomic E-state index is 0.0281. The van der Waals surface area contributed by atoms with E-state index in [0.717, 1.165) is 35.3 Å². The van der Waals surface area contributed by atoms with E-state index in [0.29, 0.717) is 5.41 Å². The van der Waals surface area contributed by atoms with Crippen molar-refractivity contribution in [1.29, 1.82) is 0 Å². The maximum atomic E-state index is 12.3. The van der Waals surface area contributed by atoms with Gasteiger partial charge in [-0.2, -0.15) is 0 Å². The van der Waals surface area contributed by atoms with Gasteiger partial charge in [-0.05, 0) is 79.0 Å². The van der Waals surface area contributed by atoms with Crippen LogP contribution in [0.1, 0.15) is 38.5 Å². The summed E-state index contributed by atoms with van der Waals surface area (Å²) in [5.41, 5.74) is 1.89. The molecule has 132 valence electrons. The Kier molecular flexibility index (Phi) is 3.47. The van der Waals surface area contributed by atoms with Crippen LogP contribution in [0.5, 0.6) is 0 Å². The Bertz CT molecular complexity index is 764. The number of nitrogens with one attached hydrogen (secondary N) is 1. The van der Waals surface area contributed by atoms with Crippen LogP contribution in [0.25, 0.3) is 11.0 Å². The lowest BCUT2D eigenvalue weighted by atomic mass is 9.49. The zero-order valence-corrected chi connectivity index (χ0v) is 14.4. The van der Waals surface area contributed by atoms with Crippen molar-refractivity contribution >= 4 is 16.9 Å². The molecule has 6 heteroatoms. The summed E-state index contributed by atoms with van der Waals surface area (Å²) in [4.78, 5) is 19.1. The van der Waals surface area contributed by atoms with E-state index in [1.165, 1.54) is 43.4 Å². The number of carbonyl (C=O) groups excluding carboxylic acids is 1. The number of nitrogens with zero attached hydrogens (tertiary/aromatic N) is 3. The first-order valence-corrected chi connectivity index (χ1v) is 9.40. The normalized spacial score (nSPS) is 32.9. The van der Waals surface area contributed by atoms with Gasteiger partial charge in [-0.15, -0.1) is 5.10 Å². The third-order valence-electron chi connectivity index (χ3n) is 6.47. The minimum Gasteiger partial charge on any atom is -0.385 e. The second-order valence-electron chi connectivity index (χ2n) is 8.42. The van der Waals surface area contributed by atoms with Crippen molar-refractivity contribution in [3.63, 3.8) is 0 Å². The molecule has 25 heavy (non-hydrogen) atoms. The fraction of sp³-hybridized carbons (Fsp3) is 0.632. The van der Waals surface area contributed by atoms with Crippen molar-refractivity contribution < 1.29 is 9.63 Å². The topological polar surface area (TPSA) is 69.0 Å². The number of fused-ring (bicyclic) bond motifs is 1. The second kappa shape index (κ2) is 5.71.